The topological polar surface area (TPSA) is 154 Å². The number of ether oxygens (including phenoxy) is 2. The third-order valence-electron chi connectivity index (χ3n) is 9.88. The van der Waals surface area contributed by atoms with Gasteiger partial charge in [-0.25, -0.2) is 13.2 Å². The molecule has 1 aliphatic heterocycles. The van der Waals surface area contributed by atoms with Gasteiger partial charge in [-0.3, -0.25) is 4.79 Å². The van der Waals surface area contributed by atoms with Crippen LogP contribution in [-0.2, 0) is 26.2 Å². The third-order valence-corrected chi connectivity index (χ3v) is 10.7. The third kappa shape index (κ3) is 12.3. The van der Waals surface area contributed by atoms with Gasteiger partial charge in [0.25, 0.3) is 5.52 Å². The van der Waals surface area contributed by atoms with E-state index in [-0.39, 0.29) is 25.4 Å². The molecule has 1 aliphatic rings. The van der Waals surface area contributed by atoms with Crippen LogP contribution in [0.1, 0.15) is 72.1 Å². The highest BCUT2D eigenvalue weighted by Crippen LogP contribution is 2.42. The van der Waals surface area contributed by atoms with E-state index in [1.165, 1.54) is 0 Å². The summed E-state index contributed by atoms with van der Waals surface area (Å²) in [6.45, 7) is 8.94. The summed E-state index contributed by atoms with van der Waals surface area (Å²) < 4.78 is 54.8. The van der Waals surface area contributed by atoms with E-state index in [4.69, 9.17) is 13.9 Å². The molecular weight excluding hydrogens is 781 g/mol. The Morgan fingerprint density at radius 2 is 1.50 bits per heavy atom. The normalized spacial score (nSPS) is 13.7. The number of anilines is 1. The first-order valence-corrected chi connectivity index (χ1v) is 22.1. The molecule has 5 aromatic rings. The van der Waals surface area contributed by atoms with Crippen LogP contribution in [0, 0.1) is 0 Å². The van der Waals surface area contributed by atoms with Crippen molar-refractivity contribution in [1.29, 1.82) is 0 Å². The predicted molar refractivity (Wildman–Crippen MR) is 233 cm³/mol. The SMILES string of the molecule is CCC(/C=C1\Oc2ccc(-c3ccccc3)cc2N1CCCCCC(=O)NCCNC(=O)OC(C)(C)C)=C\c1oc2ccc(-c3ccccc3)cc2[n+]1CCCS(=O)(=O)[O-]. The number of aromatic nitrogens is 1. The van der Waals surface area contributed by atoms with Gasteiger partial charge in [0.05, 0.1) is 21.9 Å². The van der Waals surface area contributed by atoms with Gasteiger partial charge in [-0.05, 0) is 86.1 Å². The number of aryl methyl sites for hydroxylation is 1. The Bertz CT molecular complexity index is 2440. The lowest BCUT2D eigenvalue weighted by molar-refractivity contribution is -0.677. The number of alkyl carbamates (subject to hydrolysis) is 1. The molecular formula is C47H54N4O8S. The molecule has 2 N–H and O–H groups in total. The highest BCUT2D eigenvalue weighted by molar-refractivity contribution is 7.85. The van der Waals surface area contributed by atoms with Crippen molar-refractivity contribution in [2.75, 3.05) is 30.3 Å². The van der Waals surface area contributed by atoms with Crippen LogP contribution < -0.4 is 24.8 Å². The lowest BCUT2D eigenvalue weighted by atomic mass is 10.0. The molecule has 0 aliphatic carbocycles. The molecule has 13 heteroatoms. The molecule has 0 saturated carbocycles. The van der Waals surface area contributed by atoms with E-state index in [2.05, 4.69) is 39.8 Å². The molecule has 60 heavy (non-hydrogen) atoms. The number of nitrogens with one attached hydrogen (secondary N) is 2. The van der Waals surface area contributed by atoms with Crippen LogP contribution in [0.4, 0.5) is 10.5 Å². The largest absolute Gasteiger partial charge is 0.748 e. The second-order valence-electron chi connectivity index (χ2n) is 15.7. The van der Waals surface area contributed by atoms with Crippen LogP contribution in [0.15, 0.2) is 119 Å². The second-order valence-corrected chi connectivity index (χ2v) is 17.2. The summed E-state index contributed by atoms with van der Waals surface area (Å²) in [5.41, 5.74) is 6.87. The smallest absolute Gasteiger partial charge is 0.407 e. The molecule has 0 spiro atoms. The molecule has 1 aromatic heterocycles. The zero-order valence-electron chi connectivity index (χ0n) is 34.7. The van der Waals surface area contributed by atoms with Crippen LogP contribution >= 0.6 is 0 Å². The number of rotatable bonds is 18. The van der Waals surface area contributed by atoms with Crippen LogP contribution in [0.2, 0.25) is 0 Å². The summed E-state index contributed by atoms with van der Waals surface area (Å²) in [5.74, 6) is 1.37. The van der Waals surface area contributed by atoms with Gasteiger partial charge >= 0.3 is 12.0 Å². The van der Waals surface area contributed by atoms with Crippen molar-refractivity contribution in [2.24, 2.45) is 0 Å². The quantitative estimate of drug-likeness (QED) is 0.0501. The van der Waals surface area contributed by atoms with Crippen LogP contribution in [0.3, 0.4) is 0 Å². The molecule has 2 heterocycles. The number of nitrogens with zero attached hydrogens (tertiary/aromatic N) is 2. The summed E-state index contributed by atoms with van der Waals surface area (Å²) in [7, 11) is -4.40. The van der Waals surface area contributed by atoms with Gasteiger partial charge in [-0.2, -0.15) is 4.57 Å². The Balaban J connectivity index is 1.21. The first kappa shape index (κ1) is 43.7. The van der Waals surface area contributed by atoms with Crippen LogP contribution in [0.5, 0.6) is 5.75 Å². The first-order valence-electron chi connectivity index (χ1n) is 20.5. The number of fused-ring (bicyclic) bond motifs is 2. The minimum absolute atomic E-state index is 0.0737. The molecule has 4 aromatic carbocycles. The monoisotopic (exact) mass is 834 g/mol. The van der Waals surface area contributed by atoms with E-state index < -0.39 is 27.6 Å². The van der Waals surface area contributed by atoms with Crippen molar-refractivity contribution in [2.45, 2.75) is 78.4 Å². The van der Waals surface area contributed by atoms with Gasteiger partial charge in [0.2, 0.25) is 17.4 Å². The van der Waals surface area contributed by atoms with Gasteiger partial charge in [-0.15, -0.1) is 0 Å². The summed E-state index contributed by atoms with van der Waals surface area (Å²) in [4.78, 5) is 26.6. The summed E-state index contributed by atoms with van der Waals surface area (Å²) >= 11 is 0. The number of carbonyl (C=O) groups is 2. The maximum Gasteiger partial charge on any atom is 0.407 e. The van der Waals surface area contributed by atoms with Crippen LogP contribution in [-0.4, -0.2) is 56.0 Å². The number of oxazole rings is 1. The molecule has 0 unspecified atom stereocenters. The number of unbranched alkanes of at least 4 members (excludes halogenated alkanes) is 2. The molecule has 6 rings (SSSR count). The molecule has 12 nitrogen and oxygen atoms in total. The highest BCUT2D eigenvalue weighted by Gasteiger charge is 2.28. The first-order chi connectivity index (χ1) is 28.8. The number of amides is 2. The minimum atomic E-state index is -4.40. The Morgan fingerprint density at radius 3 is 2.17 bits per heavy atom. The number of carbonyl (C=O) groups excluding carboxylic acids is 2. The summed E-state index contributed by atoms with van der Waals surface area (Å²) in [6, 6.07) is 32.3. The number of hydrogen-bond donors (Lipinski definition) is 2. The van der Waals surface area contributed by atoms with Crippen LogP contribution in [0.25, 0.3) is 39.4 Å². The zero-order chi connectivity index (χ0) is 42.7. The molecule has 0 fully saturated rings. The van der Waals surface area contributed by atoms with E-state index in [1.54, 1.807) is 20.8 Å². The van der Waals surface area contributed by atoms with Crippen molar-refractivity contribution in [3.63, 3.8) is 0 Å². The van der Waals surface area contributed by atoms with E-state index >= 15 is 0 Å². The number of benzene rings is 4. The summed E-state index contributed by atoms with van der Waals surface area (Å²) in [5, 5.41) is 5.51. The predicted octanol–water partition coefficient (Wildman–Crippen LogP) is 8.72. The standard InChI is InChI=1S/C47H54N4O8S/c1-5-34(31-45-51(28-15-29-60(54,55)56)40-33-38(22-24-42(40)58-45)36-18-11-7-12-19-36)30-44-50(39-32-37(21-23-41(39)57-44)35-16-9-6-10-17-35)27-14-8-13-20-43(52)48-25-26-49-46(53)59-47(2,3)4/h6-7,9-12,16-19,21-24,30-33H,5,8,13-15,20,25-29H2,1-4H3,(H2-,48,49,52,53,54,55,56). The fraction of sp³-hybridized carbons (Fsp3) is 0.340. The maximum atomic E-state index is 12.5. The van der Waals surface area contributed by atoms with Crippen molar-refractivity contribution in [1.82, 2.24) is 10.6 Å². The maximum absolute atomic E-state index is 12.5. The Morgan fingerprint density at radius 1 is 0.833 bits per heavy atom. The fourth-order valence-electron chi connectivity index (χ4n) is 6.96. The van der Waals surface area contributed by atoms with Crippen molar-refractivity contribution < 1.29 is 41.0 Å². The molecule has 316 valence electrons. The van der Waals surface area contributed by atoms with Crippen molar-refractivity contribution in [3.8, 4) is 28.0 Å². The Hall–Kier alpha value is -5.92. The molecule has 0 saturated heterocycles. The lowest BCUT2D eigenvalue weighted by Gasteiger charge is -2.19. The van der Waals surface area contributed by atoms with Gasteiger partial charge in [0, 0.05) is 50.4 Å². The summed E-state index contributed by atoms with van der Waals surface area (Å²) in [6.07, 6.45) is 6.87. The fourth-order valence-corrected chi connectivity index (χ4v) is 7.44. The molecule has 0 bridgehead atoms. The van der Waals surface area contributed by atoms with E-state index in [9.17, 15) is 22.6 Å². The number of hydrogen-bond acceptors (Lipinski definition) is 9. The number of allylic oxidation sites excluding steroid dienone is 2. The van der Waals surface area contributed by atoms with Gasteiger partial charge in [0.15, 0.2) is 12.3 Å². The zero-order valence-corrected chi connectivity index (χ0v) is 35.6. The van der Waals surface area contributed by atoms with Crippen molar-refractivity contribution in [3.05, 3.63) is 120 Å². The second kappa shape index (κ2) is 19.9. The average Bonchev–Trinajstić information content (AvgIpc) is 3.74. The van der Waals surface area contributed by atoms with Crippen molar-refractivity contribution >= 4 is 45.0 Å². The van der Waals surface area contributed by atoms with E-state index in [0.717, 1.165) is 57.6 Å². The highest BCUT2D eigenvalue weighted by atomic mass is 32.2. The molecule has 0 radical (unpaired) electrons. The van der Waals surface area contributed by atoms with E-state index in [1.807, 2.05) is 96.4 Å². The van der Waals surface area contributed by atoms with Gasteiger partial charge < -0.3 is 34.0 Å². The molecule has 0 atom stereocenters. The Labute approximate surface area is 352 Å². The van der Waals surface area contributed by atoms with E-state index in [0.29, 0.717) is 49.7 Å². The minimum Gasteiger partial charge on any atom is -0.748 e. The lowest BCUT2D eigenvalue weighted by Crippen LogP contribution is -2.37. The molecule has 2 amide bonds. The van der Waals surface area contributed by atoms with Gasteiger partial charge in [0.1, 0.15) is 5.60 Å². The Kier molecular flexibility index (Phi) is 14.5. The average molecular weight is 835 g/mol. The van der Waals surface area contributed by atoms with Gasteiger partial charge in [-0.1, -0.05) is 86.1 Å².